The van der Waals surface area contributed by atoms with Gasteiger partial charge in [0.05, 0.1) is 23.8 Å². The zero-order valence-electron chi connectivity index (χ0n) is 21.5. The van der Waals surface area contributed by atoms with Gasteiger partial charge in [-0.05, 0) is 72.9 Å². The quantitative estimate of drug-likeness (QED) is 0.396. The van der Waals surface area contributed by atoms with E-state index in [9.17, 15) is 15.0 Å². The molecule has 1 aromatic heterocycles. The third-order valence-corrected chi connectivity index (χ3v) is 8.02. The Morgan fingerprint density at radius 2 is 1.82 bits per heavy atom. The van der Waals surface area contributed by atoms with Crippen molar-refractivity contribution in [2.75, 3.05) is 24.5 Å². The summed E-state index contributed by atoms with van der Waals surface area (Å²) in [6, 6.07) is 18.6. The maximum Gasteiger partial charge on any atom is 0.254 e. The molecule has 6 rings (SSSR count). The Hall–Kier alpha value is -3.68. The maximum atomic E-state index is 15.2. The number of carbonyl (C=O) groups is 1. The van der Waals surface area contributed by atoms with Gasteiger partial charge in [-0.25, -0.2) is 4.39 Å². The van der Waals surface area contributed by atoms with E-state index in [4.69, 9.17) is 4.42 Å². The monoisotopic (exact) mass is 514 g/mol. The van der Waals surface area contributed by atoms with Crippen molar-refractivity contribution in [2.24, 2.45) is 0 Å². The van der Waals surface area contributed by atoms with Crippen LogP contribution in [-0.2, 0) is 12.8 Å². The molecule has 7 heteroatoms. The minimum atomic E-state index is -0.847. The third-order valence-electron chi connectivity index (χ3n) is 8.02. The van der Waals surface area contributed by atoms with Crippen LogP contribution in [0.1, 0.15) is 46.9 Å². The summed E-state index contributed by atoms with van der Waals surface area (Å²) in [5, 5.41) is 20.4. The lowest BCUT2D eigenvalue weighted by atomic mass is 9.92. The summed E-state index contributed by atoms with van der Waals surface area (Å²) in [5.74, 6) is -0.0745. The smallest absolute Gasteiger partial charge is 0.254 e. The fourth-order valence-electron chi connectivity index (χ4n) is 5.84. The van der Waals surface area contributed by atoms with E-state index in [1.54, 1.807) is 23.1 Å². The molecule has 2 aliphatic rings. The van der Waals surface area contributed by atoms with E-state index in [-0.39, 0.29) is 25.0 Å². The van der Waals surface area contributed by atoms with Crippen molar-refractivity contribution in [3.8, 4) is 11.3 Å². The summed E-state index contributed by atoms with van der Waals surface area (Å²) in [6.45, 7) is 5.25. The number of hydrogen-bond acceptors (Lipinski definition) is 5. The van der Waals surface area contributed by atoms with E-state index in [0.29, 0.717) is 41.1 Å². The lowest BCUT2D eigenvalue weighted by Gasteiger charge is -2.35. The third kappa shape index (κ3) is 4.16. The van der Waals surface area contributed by atoms with Crippen LogP contribution in [0.25, 0.3) is 22.3 Å². The van der Waals surface area contributed by atoms with Crippen molar-refractivity contribution in [3.05, 3.63) is 88.7 Å². The molecule has 2 aliphatic heterocycles. The Bertz CT molecular complexity index is 1520. The van der Waals surface area contributed by atoms with E-state index < -0.39 is 18.0 Å². The number of amides is 1. The van der Waals surface area contributed by atoms with Crippen LogP contribution in [0, 0.1) is 5.82 Å². The number of fused-ring (bicyclic) bond motifs is 2. The first kappa shape index (κ1) is 24.6. The normalized spacial score (nSPS) is 21.2. The van der Waals surface area contributed by atoms with Crippen LogP contribution in [0.5, 0.6) is 0 Å². The molecule has 2 N–H and O–H groups in total. The van der Waals surface area contributed by atoms with Crippen molar-refractivity contribution in [1.29, 1.82) is 0 Å². The summed E-state index contributed by atoms with van der Waals surface area (Å²) in [7, 11) is 0. The maximum absolute atomic E-state index is 15.2. The molecule has 3 heterocycles. The molecule has 1 fully saturated rings. The Balaban J connectivity index is 1.32. The molecule has 4 aromatic rings. The highest BCUT2D eigenvalue weighted by Crippen LogP contribution is 2.36. The number of aliphatic hydroxyl groups excluding tert-OH is 2. The van der Waals surface area contributed by atoms with Gasteiger partial charge in [0.2, 0.25) is 0 Å². The van der Waals surface area contributed by atoms with Crippen LogP contribution >= 0.6 is 0 Å². The van der Waals surface area contributed by atoms with Gasteiger partial charge in [0.25, 0.3) is 5.91 Å². The molecule has 0 aliphatic carbocycles. The number of aliphatic hydroxyl groups is 2. The first-order chi connectivity index (χ1) is 18.3. The van der Waals surface area contributed by atoms with Gasteiger partial charge in [0.15, 0.2) is 0 Å². The molecule has 196 valence electrons. The van der Waals surface area contributed by atoms with Gasteiger partial charge in [-0.1, -0.05) is 31.2 Å². The highest BCUT2D eigenvalue weighted by Gasteiger charge is 2.31. The lowest BCUT2D eigenvalue weighted by molar-refractivity contribution is 0.0572. The van der Waals surface area contributed by atoms with Gasteiger partial charge in [-0.3, -0.25) is 4.79 Å². The molecule has 38 heavy (non-hydrogen) atoms. The fourth-order valence-corrected chi connectivity index (χ4v) is 5.84. The number of hydrogen-bond donors (Lipinski definition) is 2. The minimum absolute atomic E-state index is 0.0152. The summed E-state index contributed by atoms with van der Waals surface area (Å²) in [6.07, 6.45) is -0.195. The van der Waals surface area contributed by atoms with Gasteiger partial charge >= 0.3 is 0 Å². The zero-order chi connectivity index (χ0) is 26.6. The predicted octanol–water partition coefficient (Wildman–Crippen LogP) is 5.10. The summed E-state index contributed by atoms with van der Waals surface area (Å²) < 4.78 is 21.4. The number of rotatable bonds is 4. The predicted molar refractivity (Wildman–Crippen MR) is 145 cm³/mol. The number of carbonyl (C=O) groups excluding carboxylic acids is 1. The van der Waals surface area contributed by atoms with Crippen LogP contribution in [0.15, 0.2) is 65.1 Å². The van der Waals surface area contributed by atoms with Crippen LogP contribution in [-0.4, -0.2) is 52.9 Å². The second kappa shape index (κ2) is 9.57. The van der Waals surface area contributed by atoms with Crippen molar-refractivity contribution in [1.82, 2.24) is 4.90 Å². The van der Waals surface area contributed by atoms with Gasteiger partial charge in [0, 0.05) is 36.3 Å². The number of aryl methyl sites for hydroxylation is 1. The van der Waals surface area contributed by atoms with Crippen LogP contribution in [0.3, 0.4) is 0 Å². The van der Waals surface area contributed by atoms with Crippen molar-refractivity contribution in [3.63, 3.8) is 0 Å². The number of benzene rings is 3. The van der Waals surface area contributed by atoms with E-state index in [0.717, 1.165) is 17.4 Å². The fraction of sp³-hybridized carbons (Fsp3) is 0.323. The van der Waals surface area contributed by atoms with Gasteiger partial charge in [0.1, 0.15) is 17.2 Å². The topological polar surface area (TPSA) is 77.2 Å². The molecule has 1 saturated heterocycles. The molecule has 0 unspecified atom stereocenters. The molecule has 3 atom stereocenters. The number of furan rings is 1. The molecular formula is C31H31FN2O4. The van der Waals surface area contributed by atoms with Crippen LogP contribution in [0.4, 0.5) is 10.1 Å². The molecule has 0 radical (unpaired) electrons. The van der Waals surface area contributed by atoms with Gasteiger partial charge in [-0.2, -0.15) is 0 Å². The second-order valence-corrected chi connectivity index (χ2v) is 10.3. The number of halogens is 1. The summed E-state index contributed by atoms with van der Waals surface area (Å²) >= 11 is 0. The highest BCUT2D eigenvalue weighted by molar-refractivity contribution is 6.00. The first-order valence-corrected chi connectivity index (χ1v) is 13.2. The molecular weight excluding hydrogens is 483 g/mol. The van der Waals surface area contributed by atoms with Crippen molar-refractivity contribution in [2.45, 2.75) is 44.9 Å². The molecule has 3 aromatic carbocycles. The standard InChI is InChI=1S/C31H31FN2O4/c1-3-19-12-22(31(37)34-11-10-20-6-4-5-7-24(20)18(34)2)13-21-14-29(38-30(19)21)25-9-8-23(15-26(25)32)33-16-27(35)28(36)17-33/h4-9,12-15,18,27-28,35-36H,3,10-11,16-17H2,1-2H3/t18-,27+,28+/m1/s1. The number of β-amino-alcohol motifs (C(OH)–C–C–N with tert-alkyl or cyclic N) is 2. The number of nitrogens with zero attached hydrogens (tertiary/aromatic N) is 2. The largest absolute Gasteiger partial charge is 0.456 e. The van der Waals surface area contributed by atoms with Crippen LogP contribution in [0.2, 0.25) is 0 Å². The van der Waals surface area contributed by atoms with Gasteiger partial charge in [-0.15, -0.1) is 0 Å². The lowest BCUT2D eigenvalue weighted by Crippen LogP contribution is -2.38. The average Bonchev–Trinajstić information content (AvgIpc) is 3.50. The van der Waals surface area contributed by atoms with Gasteiger partial charge < -0.3 is 24.4 Å². The minimum Gasteiger partial charge on any atom is -0.456 e. The highest BCUT2D eigenvalue weighted by atomic mass is 19.1. The van der Waals surface area contributed by atoms with E-state index in [2.05, 4.69) is 19.1 Å². The second-order valence-electron chi connectivity index (χ2n) is 10.3. The van der Waals surface area contributed by atoms with Crippen molar-refractivity contribution < 1.29 is 23.8 Å². The molecule has 0 bridgehead atoms. The molecule has 0 saturated carbocycles. The summed E-state index contributed by atoms with van der Waals surface area (Å²) in [5.41, 5.74) is 5.56. The van der Waals surface area contributed by atoms with Crippen molar-refractivity contribution >= 4 is 22.6 Å². The number of anilines is 1. The molecule has 0 spiro atoms. The summed E-state index contributed by atoms with van der Waals surface area (Å²) in [4.78, 5) is 17.4. The van der Waals surface area contributed by atoms with E-state index >= 15 is 4.39 Å². The average molecular weight is 515 g/mol. The van der Waals surface area contributed by atoms with E-state index in [1.165, 1.54) is 17.2 Å². The van der Waals surface area contributed by atoms with Crippen LogP contribution < -0.4 is 4.90 Å². The molecule has 6 nitrogen and oxygen atoms in total. The molecule has 1 amide bonds. The Morgan fingerprint density at radius 3 is 2.55 bits per heavy atom. The zero-order valence-corrected chi connectivity index (χ0v) is 21.5. The Labute approximate surface area is 220 Å². The SMILES string of the molecule is CCc1cc(C(=O)N2CCc3ccccc3[C@H]2C)cc2cc(-c3ccc(N4C[C@H](O)[C@@H](O)C4)cc3F)oc12. The van der Waals surface area contributed by atoms with E-state index in [1.807, 2.05) is 36.1 Å². The first-order valence-electron chi connectivity index (χ1n) is 13.2. The Morgan fingerprint density at radius 1 is 1.05 bits per heavy atom. The Kier molecular flexibility index (Phi) is 6.20.